The van der Waals surface area contributed by atoms with E-state index in [0.29, 0.717) is 11.3 Å². The summed E-state index contributed by atoms with van der Waals surface area (Å²) in [6.45, 7) is 5.77. The summed E-state index contributed by atoms with van der Waals surface area (Å²) in [5.41, 5.74) is 0.112. The molecule has 1 aromatic heterocycles. The van der Waals surface area contributed by atoms with E-state index in [1.165, 1.54) is 7.11 Å². The quantitative estimate of drug-likeness (QED) is 0.762. The second kappa shape index (κ2) is 4.01. The number of rotatable bonds is 2. The van der Waals surface area contributed by atoms with E-state index < -0.39 is 18.0 Å². The summed E-state index contributed by atoms with van der Waals surface area (Å²) in [6.07, 6.45) is 0. The van der Waals surface area contributed by atoms with Crippen LogP contribution >= 0.6 is 0 Å². The summed E-state index contributed by atoms with van der Waals surface area (Å²) in [6, 6.07) is -1.36. The van der Waals surface area contributed by atoms with Gasteiger partial charge in [0.1, 0.15) is 6.04 Å². The van der Waals surface area contributed by atoms with Crippen LogP contribution in [0.15, 0.2) is 4.52 Å². The molecule has 1 fully saturated rings. The molecule has 0 aromatic carbocycles. The molecule has 0 saturated carbocycles. The number of hydrogen-bond donors (Lipinski definition) is 2. The number of amides is 3. The molecule has 1 atom stereocenters. The van der Waals surface area contributed by atoms with Gasteiger partial charge < -0.3 is 14.6 Å². The monoisotopic (exact) mass is 253 g/mol. The first kappa shape index (κ1) is 12.4. The molecule has 3 amide bonds. The van der Waals surface area contributed by atoms with Crippen LogP contribution in [0.3, 0.4) is 0 Å². The van der Waals surface area contributed by atoms with Crippen molar-refractivity contribution in [3.63, 3.8) is 0 Å². The van der Waals surface area contributed by atoms with Gasteiger partial charge in [0.25, 0.3) is 11.8 Å². The zero-order chi connectivity index (χ0) is 13.5. The fourth-order valence-corrected chi connectivity index (χ4v) is 1.85. The van der Waals surface area contributed by atoms with Crippen molar-refractivity contribution in [2.24, 2.45) is 0 Å². The van der Waals surface area contributed by atoms with Crippen molar-refractivity contribution in [1.29, 1.82) is 0 Å². The van der Waals surface area contributed by atoms with Crippen LogP contribution in [0.1, 0.15) is 38.1 Å². The lowest BCUT2D eigenvalue weighted by molar-refractivity contribution is -0.120. The largest absolute Gasteiger partial charge is 0.479 e. The van der Waals surface area contributed by atoms with Crippen LogP contribution in [-0.2, 0) is 10.2 Å². The summed E-state index contributed by atoms with van der Waals surface area (Å²) in [7, 11) is 1.43. The van der Waals surface area contributed by atoms with Crippen LogP contribution in [0.4, 0.5) is 4.79 Å². The molecule has 1 aliphatic rings. The number of hydrogen-bond acceptors (Lipinski definition) is 5. The Balaban J connectivity index is 2.51. The normalized spacial score (nSPS) is 19.7. The second-order valence-electron chi connectivity index (χ2n) is 5.08. The van der Waals surface area contributed by atoms with Gasteiger partial charge in [0.05, 0.1) is 12.7 Å². The molecule has 1 aliphatic heterocycles. The smallest absolute Gasteiger partial charge is 0.322 e. The number of imide groups is 1. The average Bonchev–Trinajstić information content (AvgIpc) is 2.79. The highest BCUT2D eigenvalue weighted by Crippen LogP contribution is 2.36. The molecule has 98 valence electrons. The molecule has 0 unspecified atom stereocenters. The first-order valence-corrected chi connectivity index (χ1v) is 5.50. The Kier molecular flexibility index (Phi) is 2.76. The van der Waals surface area contributed by atoms with Crippen molar-refractivity contribution >= 4 is 11.9 Å². The minimum absolute atomic E-state index is 0.210. The van der Waals surface area contributed by atoms with Crippen LogP contribution in [0.25, 0.3) is 0 Å². The van der Waals surface area contributed by atoms with Crippen molar-refractivity contribution in [2.45, 2.75) is 32.2 Å². The van der Waals surface area contributed by atoms with Gasteiger partial charge in [0.2, 0.25) is 0 Å². The van der Waals surface area contributed by atoms with Gasteiger partial charge in [-0.25, -0.2) is 4.79 Å². The predicted molar refractivity (Wildman–Crippen MR) is 61.2 cm³/mol. The Morgan fingerprint density at radius 2 is 2.00 bits per heavy atom. The van der Waals surface area contributed by atoms with E-state index in [1.54, 1.807) is 0 Å². The molecule has 7 heteroatoms. The summed E-state index contributed by atoms with van der Waals surface area (Å²) in [5, 5.41) is 8.46. The fourth-order valence-electron chi connectivity index (χ4n) is 1.85. The van der Waals surface area contributed by atoms with Crippen molar-refractivity contribution in [3.8, 4) is 5.88 Å². The van der Waals surface area contributed by atoms with Crippen LogP contribution in [0, 0.1) is 0 Å². The van der Waals surface area contributed by atoms with Crippen LogP contribution in [0.5, 0.6) is 5.88 Å². The summed E-state index contributed by atoms with van der Waals surface area (Å²) < 4.78 is 10.3. The molecule has 1 saturated heterocycles. The van der Waals surface area contributed by atoms with Gasteiger partial charge in [0.15, 0.2) is 5.76 Å². The zero-order valence-electron chi connectivity index (χ0n) is 10.7. The number of ether oxygens (including phenoxy) is 1. The first-order chi connectivity index (χ1) is 8.34. The molecule has 0 radical (unpaired) electrons. The maximum absolute atomic E-state index is 11.7. The molecule has 2 heterocycles. The fraction of sp³-hybridized carbons (Fsp3) is 0.545. The van der Waals surface area contributed by atoms with Crippen molar-refractivity contribution in [3.05, 3.63) is 11.3 Å². The lowest BCUT2D eigenvalue weighted by Crippen LogP contribution is -2.24. The second-order valence-corrected chi connectivity index (χ2v) is 5.08. The minimum atomic E-state index is -0.826. The summed E-state index contributed by atoms with van der Waals surface area (Å²) in [5.74, 6) is 0.288. The van der Waals surface area contributed by atoms with Gasteiger partial charge in [-0.15, -0.1) is 0 Å². The number of nitrogens with zero attached hydrogens (tertiary/aromatic N) is 1. The number of urea groups is 1. The lowest BCUT2D eigenvalue weighted by atomic mass is 9.88. The molecule has 0 spiro atoms. The van der Waals surface area contributed by atoms with Gasteiger partial charge in [-0.05, 0) is 5.16 Å². The Labute approximate surface area is 104 Å². The van der Waals surface area contributed by atoms with E-state index in [-0.39, 0.29) is 11.3 Å². The van der Waals surface area contributed by atoms with E-state index in [1.807, 2.05) is 20.8 Å². The van der Waals surface area contributed by atoms with E-state index in [2.05, 4.69) is 15.8 Å². The minimum Gasteiger partial charge on any atom is -0.479 e. The van der Waals surface area contributed by atoms with Crippen molar-refractivity contribution < 1.29 is 18.8 Å². The van der Waals surface area contributed by atoms with Gasteiger partial charge in [-0.2, -0.15) is 0 Å². The van der Waals surface area contributed by atoms with Crippen molar-refractivity contribution in [1.82, 2.24) is 15.8 Å². The molecule has 2 rings (SSSR count). The maximum Gasteiger partial charge on any atom is 0.322 e. The molecule has 7 nitrogen and oxygen atoms in total. The molecule has 18 heavy (non-hydrogen) atoms. The number of aromatic nitrogens is 1. The third kappa shape index (κ3) is 1.92. The molecule has 0 aliphatic carbocycles. The van der Waals surface area contributed by atoms with Crippen LogP contribution in [0.2, 0.25) is 0 Å². The zero-order valence-corrected chi connectivity index (χ0v) is 10.7. The lowest BCUT2D eigenvalue weighted by Gasteiger charge is -2.17. The van der Waals surface area contributed by atoms with Crippen molar-refractivity contribution in [2.75, 3.05) is 7.11 Å². The van der Waals surface area contributed by atoms with Gasteiger partial charge in [-0.1, -0.05) is 20.8 Å². The number of carbonyl (C=O) groups is 2. The predicted octanol–water partition coefficient (Wildman–Crippen LogP) is 0.861. The highest BCUT2D eigenvalue weighted by molar-refractivity contribution is 6.04. The van der Waals surface area contributed by atoms with E-state index in [0.717, 1.165) is 0 Å². The Bertz CT molecular complexity index is 501. The van der Waals surface area contributed by atoms with Crippen LogP contribution < -0.4 is 15.4 Å². The standard InChI is InChI=1S/C11H15N3O4/c1-11(2,3)7-5(9(17-4)14-18-7)6-8(15)13-10(16)12-6/h6H,1-4H3,(H2,12,13,15,16)/t6-/m0/s1. The molecular weight excluding hydrogens is 238 g/mol. The number of carbonyl (C=O) groups excluding carboxylic acids is 2. The highest BCUT2D eigenvalue weighted by Gasteiger charge is 2.40. The summed E-state index contributed by atoms with van der Waals surface area (Å²) in [4.78, 5) is 22.9. The molecule has 1 aromatic rings. The SMILES string of the molecule is COc1noc(C(C)(C)C)c1[C@@H]1NC(=O)NC1=O. The maximum atomic E-state index is 11.7. The number of methoxy groups -OCH3 is 1. The van der Waals surface area contributed by atoms with Gasteiger partial charge >= 0.3 is 6.03 Å². The Morgan fingerprint density at radius 3 is 2.44 bits per heavy atom. The third-order valence-corrected chi connectivity index (χ3v) is 2.63. The van der Waals surface area contributed by atoms with E-state index in [9.17, 15) is 9.59 Å². The molecular formula is C11H15N3O4. The van der Waals surface area contributed by atoms with E-state index >= 15 is 0 Å². The van der Waals surface area contributed by atoms with Gasteiger partial charge in [0, 0.05) is 5.41 Å². The third-order valence-electron chi connectivity index (χ3n) is 2.63. The number of nitrogens with one attached hydrogen (secondary N) is 2. The Hall–Kier alpha value is -2.05. The highest BCUT2D eigenvalue weighted by atomic mass is 16.5. The average molecular weight is 253 g/mol. The summed E-state index contributed by atoms with van der Waals surface area (Å²) >= 11 is 0. The first-order valence-electron chi connectivity index (χ1n) is 5.50. The molecule has 0 bridgehead atoms. The Morgan fingerprint density at radius 1 is 1.33 bits per heavy atom. The van der Waals surface area contributed by atoms with Gasteiger partial charge in [-0.3, -0.25) is 10.1 Å². The molecule has 2 N–H and O–H groups in total. The topological polar surface area (TPSA) is 93.5 Å². The van der Waals surface area contributed by atoms with Crippen LogP contribution in [-0.4, -0.2) is 24.2 Å². The van der Waals surface area contributed by atoms with E-state index in [4.69, 9.17) is 9.26 Å².